The van der Waals surface area contributed by atoms with Crippen molar-refractivity contribution < 1.29 is 9.53 Å². The van der Waals surface area contributed by atoms with E-state index in [4.69, 9.17) is 4.74 Å². The molecule has 0 bridgehead atoms. The lowest BCUT2D eigenvalue weighted by Crippen LogP contribution is -2.31. The molecule has 0 saturated carbocycles. The highest BCUT2D eigenvalue weighted by Gasteiger charge is 2.18. The number of thioether (sulfide) groups is 1. The standard InChI is InChI=1S/C20H17N3O2S3/c1-25-15-6-4-14(5-7-15)23(11-16-3-2-9-26-16)18(24)12-28-20-17-8-10-27-19(17)21-13-22-20/h2-10,13H,11-12H2,1H3. The number of carbonyl (C=O) groups excluding carboxylic acids is 1. The van der Waals surface area contributed by atoms with Crippen molar-refractivity contribution in [2.45, 2.75) is 11.6 Å². The van der Waals surface area contributed by atoms with Gasteiger partial charge in [0.15, 0.2) is 0 Å². The van der Waals surface area contributed by atoms with Crippen molar-refractivity contribution in [2.75, 3.05) is 17.8 Å². The lowest BCUT2D eigenvalue weighted by Gasteiger charge is -2.22. The second kappa shape index (κ2) is 8.72. The number of nitrogens with zero attached hydrogens (tertiary/aromatic N) is 3. The number of carbonyl (C=O) groups is 1. The van der Waals surface area contributed by atoms with Crippen LogP contribution in [0.4, 0.5) is 5.69 Å². The van der Waals surface area contributed by atoms with Crippen LogP contribution in [-0.4, -0.2) is 28.7 Å². The first-order chi connectivity index (χ1) is 13.7. The van der Waals surface area contributed by atoms with Gasteiger partial charge in [-0.1, -0.05) is 17.8 Å². The molecule has 0 spiro atoms. The molecule has 4 aromatic rings. The van der Waals surface area contributed by atoms with Gasteiger partial charge in [-0.05, 0) is 47.2 Å². The maximum absolute atomic E-state index is 13.1. The fourth-order valence-electron chi connectivity index (χ4n) is 2.73. The second-order valence-corrected chi connectivity index (χ2v) is 8.76. The highest BCUT2D eigenvalue weighted by atomic mass is 32.2. The highest BCUT2D eigenvalue weighted by Crippen LogP contribution is 2.29. The van der Waals surface area contributed by atoms with Crippen LogP contribution in [-0.2, 0) is 11.3 Å². The molecule has 5 nitrogen and oxygen atoms in total. The summed E-state index contributed by atoms with van der Waals surface area (Å²) in [5.41, 5.74) is 0.850. The van der Waals surface area contributed by atoms with Gasteiger partial charge in [0.05, 0.1) is 19.4 Å². The molecule has 142 valence electrons. The van der Waals surface area contributed by atoms with Crippen molar-refractivity contribution in [3.8, 4) is 5.75 Å². The second-order valence-electron chi connectivity index (χ2n) is 5.86. The van der Waals surface area contributed by atoms with Crippen LogP contribution in [0, 0.1) is 0 Å². The topological polar surface area (TPSA) is 55.3 Å². The Bertz CT molecular complexity index is 1060. The minimum absolute atomic E-state index is 0.0329. The van der Waals surface area contributed by atoms with E-state index in [2.05, 4.69) is 9.97 Å². The third-order valence-corrected chi connectivity index (χ3v) is 6.81. The van der Waals surface area contributed by atoms with Gasteiger partial charge in [0.1, 0.15) is 21.9 Å². The minimum atomic E-state index is 0.0329. The first-order valence-electron chi connectivity index (χ1n) is 8.52. The van der Waals surface area contributed by atoms with E-state index in [1.54, 1.807) is 36.1 Å². The van der Waals surface area contributed by atoms with E-state index in [9.17, 15) is 4.79 Å². The number of amides is 1. The van der Waals surface area contributed by atoms with Crippen LogP contribution in [0.5, 0.6) is 5.75 Å². The zero-order valence-corrected chi connectivity index (χ0v) is 17.5. The predicted octanol–water partition coefficient (Wildman–Crippen LogP) is 5.09. The maximum Gasteiger partial charge on any atom is 0.237 e. The summed E-state index contributed by atoms with van der Waals surface area (Å²) in [6.45, 7) is 0.543. The molecular weight excluding hydrogens is 410 g/mol. The Morgan fingerprint density at radius 1 is 1.11 bits per heavy atom. The van der Waals surface area contributed by atoms with Crippen molar-refractivity contribution in [2.24, 2.45) is 0 Å². The van der Waals surface area contributed by atoms with Crippen molar-refractivity contribution in [1.29, 1.82) is 0 Å². The van der Waals surface area contributed by atoms with Crippen molar-refractivity contribution in [3.63, 3.8) is 0 Å². The average Bonchev–Trinajstić information content (AvgIpc) is 3.42. The summed E-state index contributed by atoms with van der Waals surface area (Å²) in [6, 6.07) is 13.6. The van der Waals surface area contributed by atoms with E-state index in [0.717, 1.165) is 31.6 Å². The summed E-state index contributed by atoms with van der Waals surface area (Å²) in [4.78, 5) is 25.6. The molecular formula is C20H17N3O2S3. The first kappa shape index (κ1) is 18.9. The fourth-order valence-corrected chi connectivity index (χ4v) is 5.08. The van der Waals surface area contributed by atoms with Crippen molar-refractivity contribution in [3.05, 3.63) is 64.4 Å². The van der Waals surface area contributed by atoms with E-state index < -0.39 is 0 Å². The van der Waals surface area contributed by atoms with Crippen LogP contribution in [0.3, 0.4) is 0 Å². The van der Waals surface area contributed by atoms with Gasteiger partial charge in [0, 0.05) is 16.0 Å². The van der Waals surface area contributed by atoms with E-state index >= 15 is 0 Å². The van der Waals surface area contributed by atoms with Crippen LogP contribution in [0.25, 0.3) is 10.2 Å². The van der Waals surface area contributed by atoms with Crippen LogP contribution in [0.2, 0.25) is 0 Å². The molecule has 0 aliphatic rings. The largest absolute Gasteiger partial charge is 0.497 e. The molecule has 0 unspecified atom stereocenters. The Hall–Kier alpha value is -2.42. The average molecular weight is 428 g/mol. The van der Waals surface area contributed by atoms with E-state index in [0.29, 0.717) is 12.3 Å². The molecule has 4 rings (SSSR count). The molecule has 0 atom stereocenters. The van der Waals surface area contributed by atoms with Gasteiger partial charge >= 0.3 is 0 Å². The molecule has 0 aliphatic heterocycles. The Morgan fingerprint density at radius 3 is 2.71 bits per heavy atom. The van der Waals surface area contributed by atoms with Gasteiger partial charge in [-0.25, -0.2) is 9.97 Å². The number of ether oxygens (including phenoxy) is 1. The van der Waals surface area contributed by atoms with Crippen LogP contribution in [0.1, 0.15) is 4.88 Å². The monoisotopic (exact) mass is 427 g/mol. The number of aromatic nitrogens is 2. The number of hydrogen-bond donors (Lipinski definition) is 0. The normalized spacial score (nSPS) is 10.9. The number of hydrogen-bond acceptors (Lipinski definition) is 7. The molecule has 0 saturated heterocycles. The number of anilines is 1. The van der Waals surface area contributed by atoms with Crippen LogP contribution < -0.4 is 9.64 Å². The van der Waals surface area contributed by atoms with E-state index in [1.165, 1.54) is 11.8 Å². The van der Waals surface area contributed by atoms with Gasteiger partial charge in [-0.3, -0.25) is 4.79 Å². The van der Waals surface area contributed by atoms with E-state index in [-0.39, 0.29) is 5.91 Å². The number of fused-ring (bicyclic) bond motifs is 1. The Kier molecular flexibility index (Phi) is 5.90. The molecule has 1 aromatic carbocycles. The summed E-state index contributed by atoms with van der Waals surface area (Å²) in [5.74, 6) is 1.10. The van der Waals surface area contributed by atoms with Gasteiger partial charge in [0.25, 0.3) is 0 Å². The summed E-state index contributed by atoms with van der Waals surface area (Å²) in [7, 11) is 1.63. The number of rotatable bonds is 7. The number of methoxy groups -OCH3 is 1. The summed E-state index contributed by atoms with van der Waals surface area (Å²) in [6.07, 6.45) is 1.55. The molecule has 0 fully saturated rings. The zero-order chi connectivity index (χ0) is 19.3. The third kappa shape index (κ3) is 4.19. The molecule has 28 heavy (non-hydrogen) atoms. The van der Waals surface area contributed by atoms with Crippen LogP contribution in [0.15, 0.2) is 64.6 Å². The quantitative estimate of drug-likeness (QED) is 0.304. The molecule has 1 amide bonds. The van der Waals surface area contributed by atoms with Gasteiger partial charge in [-0.2, -0.15) is 0 Å². The molecule has 0 aliphatic carbocycles. The summed E-state index contributed by atoms with van der Waals surface area (Å²) in [5, 5.41) is 5.85. The Morgan fingerprint density at radius 2 is 1.96 bits per heavy atom. The van der Waals surface area contributed by atoms with Gasteiger partial charge < -0.3 is 9.64 Å². The Labute approximate surface area is 175 Å². The third-order valence-electron chi connectivity index (χ3n) is 4.14. The Balaban J connectivity index is 1.54. The highest BCUT2D eigenvalue weighted by molar-refractivity contribution is 8.00. The zero-order valence-electron chi connectivity index (χ0n) is 15.1. The molecule has 0 N–H and O–H groups in total. The minimum Gasteiger partial charge on any atom is -0.497 e. The number of benzene rings is 1. The van der Waals surface area contributed by atoms with Crippen molar-refractivity contribution in [1.82, 2.24) is 9.97 Å². The first-order valence-corrected chi connectivity index (χ1v) is 11.3. The molecule has 3 aromatic heterocycles. The smallest absolute Gasteiger partial charge is 0.237 e. The lowest BCUT2D eigenvalue weighted by molar-refractivity contribution is -0.116. The number of thiophene rings is 2. The maximum atomic E-state index is 13.1. The van der Waals surface area contributed by atoms with Crippen LogP contribution >= 0.6 is 34.4 Å². The summed E-state index contributed by atoms with van der Waals surface area (Å²) >= 11 is 4.67. The van der Waals surface area contributed by atoms with Crippen molar-refractivity contribution >= 4 is 56.2 Å². The SMILES string of the molecule is COc1ccc(N(Cc2cccs2)C(=O)CSc2ncnc3sccc23)cc1. The predicted molar refractivity (Wildman–Crippen MR) is 117 cm³/mol. The lowest BCUT2D eigenvalue weighted by atomic mass is 10.2. The fraction of sp³-hybridized carbons (Fsp3) is 0.150. The summed E-state index contributed by atoms with van der Waals surface area (Å²) < 4.78 is 5.24. The molecule has 8 heteroatoms. The molecule has 3 heterocycles. The molecule has 0 radical (unpaired) electrons. The van der Waals surface area contributed by atoms with E-state index in [1.807, 2.05) is 58.1 Å². The van der Waals surface area contributed by atoms with Gasteiger partial charge in [0.2, 0.25) is 5.91 Å². The van der Waals surface area contributed by atoms with Gasteiger partial charge in [-0.15, -0.1) is 22.7 Å².